The van der Waals surface area contributed by atoms with Gasteiger partial charge in [-0.05, 0) is 5.92 Å². The number of hydrogen-bond acceptors (Lipinski definition) is 3. The minimum atomic E-state index is -1.05. The van der Waals surface area contributed by atoms with Gasteiger partial charge in [-0.1, -0.05) is 13.8 Å². The van der Waals surface area contributed by atoms with Gasteiger partial charge in [0.2, 0.25) is 0 Å². The fourth-order valence-electron chi connectivity index (χ4n) is 1.38. The number of carbonyl (C=O) groups excluding carboxylic acids is 1. The van der Waals surface area contributed by atoms with E-state index in [0.29, 0.717) is 19.1 Å². The number of carbonyl (C=O) groups is 2. The number of hydrogen-bond donors (Lipinski definition) is 2. The molecular weight excluding hydrogens is 224 g/mol. The van der Waals surface area contributed by atoms with Crippen LogP contribution in [0.2, 0.25) is 0 Å². The van der Waals surface area contributed by atoms with Crippen molar-refractivity contribution in [1.29, 1.82) is 0 Å². The Bertz CT molecular complexity index is 256. The molecule has 0 bridgehead atoms. The number of nitrogens with one attached hydrogen (secondary N) is 1. The van der Waals surface area contributed by atoms with Crippen molar-refractivity contribution in [2.24, 2.45) is 5.92 Å². The molecule has 0 saturated carbocycles. The molecule has 0 radical (unpaired) electrons. The number of amides is 2. The molecule has 0 rings (SSSR count). The molecule has 0 aromatic rings. The number of aliphatic carboxylic acids is 1. The first-order valence-electron chi connectivity index (χ1n) is 5.61. The van der Waals surface area contributed by atoms with Crippen LogP contribution in [0.15, 0.2) is 0 Å². The van der Waals surface area contributed by atoms with Crippen LogP contribution >= 0.6 is 0 Å². The maximum atomic E-state index is 11.7. The van der Waals surface area contributed by atoms with E-state index in [-0.39, 0.29) is 12.5 Å². The molecule has 1 atom stereocenters. The van der Waals surface area contributed by atoms with Crippen LogP contribution in [0.25, 0.3) is 0 Å². The third kappa shape index (κ3) is 6.78. The summed E-state index contributed by atoms with van der Waals surface area (Å²) in [5, 5.41) is 11.4. The highest BCUT2D eigenvalue weighted by atomic mass is 16.5. The van der Waals surface area contributed by atoms with E-state index in [0.717, 1.165) is 0 Å². The van der Waals surface area contributed by atoms with Crippen LogP contribution in [0.5, 0.6) is 0 Å². The average Bonchev–Trinajstić information content (AvgIpc) is 2.22. The monoisotopic (exact) mass is 246 g/mol. The van der Waals surface area contributed by atoms with Crippen LogP contribution in [0.3, 0.4) is 0 Å². The second kappa shape index (κ2) is 7.89. The normalized spacial score (nSPS) is 12.3. The molecule has 0 aliphatic carbocycles. The van der Waals surface area contributed by atoms with E-state index in [2.05, 4.69) is 5.32 Å². The molecule has 100 valence electrons. The number of ether oxygens (including phenoxy) is 1. The zero-order valence-electron chi connectivity index (χ0n) is 10.9. The highest BCUT2D eigenvalue weighted by Crippen LogP contribution is 1.99. The highest BCUT2D eigenvalue weighted by molar-refractivity contribution is 5.82. The lowest BCUT2D eigenvalue weighted by Crippen LogP contribution is -2.47. The molecule has 0 aromatic heterocycles. The highest BCUT2D eigenvalue weighted by Gasteiger charge is 2.21. The Labute approximate surface area is 102 Å². The van der Waals surface area contributed by atoms with Crippen LogP contribution in [0.4, 0.5) is 4.79 Å². The smallest absolute Gasteiger partial charge is 0.326 e. The predicted molar refractivity (Wildman–Crippen MR) is 63.9 cm³/mol. The SMILES string of the molecule is COCCC(NC(=O)N(C)CC(C)C)C(=O)O. The molecule has 6 nitrogen and oxygen atoms in total. The van der Waals surface area contributed by atoms with Gasteiger partial charge in [-0.2, -0.15) is 0 Å². The number of methoxy groups -OCH3 is 1. The molecular formula is C11H22N2O4. The Morgan fingerprint density at radius 2 is 2.00 bits per heavy atom. The number of urea groups is 1. The lowest BCUT2D eigenvalue weighted by molar-refractivity contribution is -0.139. The molecule has 0 saturated heterocycles. The van der Waals surface area contributed by atoms with Crippen molar-refractivity contribution >= 4 is 12.0 Å². The summed E-state index contributed by atoms with van der Waals surface area (Å²) >= 11 is 0. The van der Waals surface area contributed by atoms with Gasteiger partial charge in [0.05, 0.1) is 0 Å². The molecule has 17 heavy (non-hydrogen) atoms. The van der Waals surface area contributed by atoms with Crippen LogP contribution in [0, 0.1) is 5.92 Å². The lowest BCUT2D eigenvalue weighted by Gasteiger charge is -2.22. The van der Waals surface area contributed by atoms with Crippen molar-refractivity contribution in [3.05, 3.63) is 0 Å². The van der Waals surface area contributed by atoms with Crippen molar-refractivity contribution in [3.8, 4) is 0 Å². The third-order valence-electron chi connectivity index (χ3n) is 2.19. The van der Waals surface area contributed by atoms with E-state index in [1.165, 1.54) is 12.0 Å². The zero-order chi connectivity index (χ0) is 13.4. The van der Waals surface area contributed by atoms with Crippen LogP contribution in [-0.2, 0) is 9.53 Å². The maximum absolute atomic E-state index is 11.7. The minimum absolute atomic E-state index is 0.257. The van der Waals surface area contributed by atoms with Gasteiger partial charge < -0.3 is 20.1 Å². The van der Waals surface area contributed by atoms with Crippen molar-refractivity contribution in [1.82, 2.24) is 10.2 Å². The molecule has 2 amide bonds. The molecule has 0 heterocycles. The van der Waals surface area contributed by atoms with Gasteiger partial charge in [0.1, 0.15) is 6.04 Å². The quantitative estimate of drug-likeness (QED) is 0.695. The summed E-state index contributed by atoms with van der Waals surface area (Å²) in [6, 6.07) is -1.28. The minimum Gasteiger partial charge on any atom is -0.480 e. The van der Waals surface area contributed by atoms with E-state index >= 15 is 0 Å². The topological polar surface area (TPSA) is 78.9 Å². The van der Waals surface area contributed by atoms with Gasteiger partial charge in [0.15, 0.2) is 0 Å². The first-order valence-corrected chi connectivity index (χ1v) is 5.61. The Hall–Kier alpha value is -1.30. The average molecular weight is 246 g/mol. The van der Waals surface area contributed by atoms with Crippen molar-refractivity contribution < 1.29 is 19.4 Å². The van der Waals surface area contributed by atoms with Crippen molar-refractivity contribution in [2.75, 3.05) is 27.3 Å². The second-order valence-electron chi connectivity index (χ2n) is 4.40. The van der Waals surface area contributed by atoms with Crippen LogP contribution < -0.4 is 5.32 Å². The Morgan fingerprint density at radius 1 is 1.41 bits per heavy atom. The first-order chi connectivity index (χ1) is 7.88. The predicted octanol–water partition coefficient (Wildman–Crippen LogP) is 0.773. The van der Waals surface area contributed by atoms with Crippen LogP contribution in [0.1, 0.15) is 20.3 Å². The summed E-state index contributed by atoms with van der Waals surface area (Å²) in [7, 11) is 3.14. The number of carboxylic acid groups (broad SMARTS) is 1. The van der Waals surface area contributed by atoms with E-state index < -0.39 is 12.0 Å². The van der Waals surface area contributed by atoms with Crippen molar-refractivity contribution in [2.45, 2.75) is 26.3 Å². The Balaban J connectivity index is 4.24. The molecule has 0 aliphatic heterocycles. The summed E-state index contributed by atoms with van der Waals surface area (Å²) in [5.74, 6) is -0.707. The summed E-state index contributed by atoms with van der Waals surface area (Å²) in [4.78, 5) is 24.0. The lowest BCUT2D eigenvalue weighted by atomic mass is 10.2. The standard InChI is InChI=1S/C11H22N2O4/c1-8(2)7-13(3)11(16)12-9(10(14)15)5-6-17-4/h8-9H,5-7H2,1-4H3,(H,12,16)(H,14,15). The first kappa shape index (κ1) is 15.7. The molecule has 0 aromatic carbocycles. The van der Waals surface area contributed by atoms with Crippen molar-refractivity contribution in [3.63, 3.8) is 0 Å². The Morgan fingerprint density at radius 3 is 2.41 bits per heavy atom. The van der Waals surface area contributed by atoms with E-state index in [9.17, 15) is 9.59 Å². The summed E-state index contributed by atoms with van der Waals surface area (Å²) < 4.78 is 4.80. The summed E-state index contributed by atoms with van der Waals surface area (Å²) in [5.41, 5.74) is 0. The molecule has 0 fully saturated rings. The molecule has 6 heteroatoms. The fraction of sp³-hybridized carbons (Fsp3) is 0.818. The van der Waals surface area contributed by atoms with E-state index in [4.69, 9.17) is 9.84 Å². The second-order valence-corrected chi connectivity index (χ2v) is 4.40. The molecule has 0 aliphatic rings. The summed E-state index contributed by atoms with van der Waals surface area (Å²) in [6.07, 6.45) is 0.257. The largest absolute Gasteiger partial charge is 0.480 e. The number of rotatable bonds is 7. The van der Waals surface area contributed by atoms with Gasteiger partial charge in [-0.25, -0.2) is 9.59 Å². The van der Waals surface area contributed by atoms with Gasteiger partial charge >= 0.3 is 12.0 Å². The van der Waals surface area contributed by atoms with E-state index in [1.807, 2.05) is 13.8 Å². The van der Waals surface area contributed by atoms with Gasteiger partial charge in [0.25, 0.3) is 0 Å². The van der Waals surface area contributed by atoms with Gasteiger partial charge in [-0.3, -0.25) is 0 Å². The summed E-state index contributed by atoms with van der Waals surface area (Å²) in [6.45, 7) is 4.86. The molecule has 2 N–H and O–H groups in total. The zero-order valence-corrected chi connectivity index (χ0v) is 10.9. The third-order valence-corrected chi connectivity index (χ3v) is 2.19. The Kier molecular flexibility index (Phi) is 7.29. The molecule has 0 spiro atoms. The fourth-order valence-corrected chi connectivity index (χ4v) is 1.38. The van der Waals surface area contributed by atoms with Gasteiger partial charge in [-0.15, -0.1) is 0 Å². The van der Waals surface area contributed by atoms with Gasteiger partial charge in [0, 0.05) is 33.7 Å². The number of nitrogens with zero attached hydrogens (tertiary/aromatic N) is 1. The van der Waals surface area contributed by atoms with Crippen LogP contribution in [-0.4, -0.2) is 55.4 Å². The number of carboxylic acids is 1. The van der Waals surface area contributed by atoms with E-state index in [1.54, 1.807) is 7.05 Å². The molecule has 1 unspecified atom stereocenters. The maximum Gasteiger partial charge on any atom is 0.326 e.